The molecule has 2 amide bonds. The maximum absolute atomic E-state index is 11.9. The van der Waals surface area contributed by atoms with Crippen molar-refractivity contribution >= 4 is 17.5 Å². The zero-order valence-electron chi connectivity index (χ0n) is 11.8. The van der Waals surface area contributed by atoms with Gasteiger partial charge in [-0.25, -0.2) is 0 Å². The van der Waals surface area contributed by atoms with Crippen LogP contribution in [0.5, 0.6) is 5.75 Å². The Bertz CT molecular complexity index is 445. The summed E-state index contributed by atoms with van der Waals surface area (Å²) in [6.07, 6.45) is 0. The summed E-state index contributed by atoms with van der Waals surface area (Å²) in [7, 11) is 0. The maximum Gasteiger partial charge on any atom is 0.255 e. The minimum atomic E-state index is -0.528. The summed E-state index contributed by atoms with van der Waals surface area (Å²) in [4.78, 5) is 22.5. The molecule has 0 aromatic heterocycles. The van der Waals surface area contributed by atoms with Crippen molar-refractivity contribution < 1.29 is 14.3 Å². The molecule has 1 aromatic carbocycles. The molecule has 0 fully saturated rings. The third-order valence-corrected chi connectivity index (χ3v) is 2.65. The van der Waals surface area contributed by atoms with Crippen molar-refractivity contribution in [2.45, 2.75) is 13.8 Å². The fraction of sp³-hybridized carbons (Fsp3) is 0.429. The molecule has 0 aliphatic heterocycles. The smallest absolute Gasteiger partial charge is 0.255 e. The van der Waals surface area contributed by atoms with Gasteiger partial charge in [0.25, 0.3) is 5.91 Å². The van der Waals surface area contributed by atoms with Gasteiger partial charge in [0.1, 0.15) is 5.75 Å². The molecule has 6 nitrogen and oxygen atoms in total. The maximum atomic E-state index is 11.9. The molecule has 110 valence electrons. The Kier molecular flexibility index (Phi) is 6.52. The van der Waals surface area contributed by atoms with E-state index < -0.39 is 5.91 Å². The van der Waals surface area contributed by atoms with Crippen molar-refractivity contribution in [2.24, 2.45) is 11.7 Å². The van der Waals surface area contributed by atoms with Crippen LogP contribution in [0.4, 0.5) is 5.69 Å². The largest absolute Gasteiger partial charge is 0.484 e. The van der Waals surface area contributed by atoms with E-state index in [0.29, 0.717) is 18.0 Å². The third-order valence-electron chi connectivity index (χ3n) is 2.65. The van der Waals surface area contributed by atoms with Crippen LogP contribution < -0.4 is 21.1 Å². The van der Waals surface area contributed by atoms with E-state index in [2.05, 4.69) is 10.6 Å². The number of hydrogen-bond donors (Lipinski definition) is 3. The van der Waals surface area contributed by atoms with Gasteiger partial charge in [-0.1, -0.05) is 13.8 Å². The van der Waals surface area contributed by atoms with Gasteiger partial charge < -0.3 is 21.1 Å². The Morgan fingerprint density at radius 1 is 1.30 bits per heavy atom. The van der Waals surface area contributed by atoms with E-state index in [1.807, 2.05) is 13.8 Å². The van der Waals surface area contributed by atoms with E-state index >= 15 is 0 Å². The lowest BCUT2D eigenvalue weighted by Gasteiger charge is -2.12. The monoisotopic (exact) mass is 279 g/mol. The van der Waals surface area contributed by atoms with Gasteiger partial charge in [0.2, 0.25) is 5.91 Å². The van der Waals surface area contributed by atoms with Crippen LogP contribution in [0.15, 0.2) is 24.3 Å². The van der Waals surface area contributed by atoms with Gasteiger partial charge in [-0.2, -0.15) is 0 Å². The second kappa shape index (κ2) is 8.16. The highest BCUT2D eigenvalue weighted by molar-refractivity contribution is 5.92. The first-order valence-electron chi connectivity index (χ1n) is 6.55. The number of carbonyl (C=O) groups excluding carboxylic acids is 2. The summed E-state index contributed by atoms with van der Waals surface area (Å²) in [6.45, 7) is 5.18. The lowest BCUT2D eigenvalue weighted by atomic mass is 10.1. The predicted molar refractivity (Wildman–Crippen MR) is 77.5 cm³/mol. The first kappa shape index (κ1) is 16.0. The summed E-state index contributed by atoms with van der Waals surface area (Å²) in [5.41, 5.74) is 5.67. The second-order valence-corrected chi connectivity index (χ2v) is 4.48. The predicted octanol–water partition coefficient (Wildman–Crippen LogP) is 0.735. The Labute approximate surface area is 118 Å². The van der Waals surface area contributed by atoms with Crippen molar-refractivity contribution in [3.8, 4) is 5.75 Å². The second-order valence-electron chi connectivity index (χ2n) is 4.48. The van der Waals surface area contributed by atoms with Gasteiger partial charge >= 0.3 is 0 Å². The number of ether oxygens (including phenoxy) is 1. The number of carbonyl (C=O) groups is 2. The quantitative estimate of drug-likeness (QED) is 0.654. The van der Waals surface area contributed by atoms with Crippen molar-refractivity contribution in [3.63, 3.8) is 0 Å². The molecule has 1 atom stereocenters. The molecule has 1 unspecified atom stereocenters. The average Bonchev–Trinajstić information content (AvgIpc) is 2.43. The zero-order valence-corrected chi connectivity index (χ0v) is 11.8. The summed E-state index contributed by atoms with van der Waals surface area (Å²) >= 11 is 0. The molecule has 0 bridgehead atoms. The van der Waals surface area contributed by atoms with Crippen LogP contribution >= 0.6 is 0 Å². The summed E-state index contributed by atoms with van der Waals surface area (Å²) in [6, 6.07) is 6.78. The highest BCUT2D eigenvalue weighted by atomic mass is 16.5. The van der Waals surface area contributed by atoms with E-state index in [1.54, 1.807) is 24.3 Å². The number of nitrogens with two attached hydrogens (primary N) is 1. The fourth-order valence-corrected chi connectivity index (χ4v) is 1.51. The van der Waals surface area contributed by atoms with Crippen LogP contribution in [0.2, 0.25) is 0 Å². The Morgan fingerprint density at radius 3 is 2.50 bits per heavy atom. The lowest BCUT2D eigenvalue weighted by molar-refractivity contribution is -0.120. The molecule has 0 spiro atoms. The minimum Gasteiger partial charge on any atom is -0.484 e. The van der Waals surface area contributed by atoms with Gasteiger partial charge in [0.15, 0.2) is 6.61 Å². The molecule has 0 saturated heterocycles. The van der Waals surface area contributed by atoms with Gasteiger partial charge in [-0.15, -0.1) is 0 Å². The number of hydrogen-bond acceptors (Lipinski definition) is 4. The Balaban J connectivity index is 2.48. The summed E-state index contributed by atoms with van der Waals surface area (Å²) < 4.78 is 5.13. The Morgan fingerprint density at radius 2 is 1.95 bits per heavy atom. The number of anilines is 1. The third kappa shape index (κ3) is 5.71. The van der Waals surface area contributed by atoms with Gasteiger partial charge in [-0.3, -0.25) is 9.59 Å². The van der Waals surface area contributed by atoms with Gasteiger partial charge in [-0.05, 0) is 30.8 Å². The van der Waals surface area contributed by atoms with E-state index in [0.717, 1.165) is 6.54 Å². The van der Waals surface area contributed by atoms with E-state index in [-0.39, 0.29) is 18.4 Å². The van der Waals surface area contributed by atoms with Crippen LogP contribution in [0.1, 0.15) is 13.8 Å². The van der Waals surface area contributed by atoms with E-state index in [4.69, 9.17) is 10.5 Å². The molecule has 20 heavy (non-hydrogen) atoms. The fourth-order valence-electron chi connectivity index (χ4n) is 1.51. The highest BCUT2D eigenvalue weighted by Crippen LogP contribution is 2.16. The van der Waals surface area contributed by atoms with Crippen LogP contribution in [-0.2, 0) is 9.59 Å². The molecular weight excluding hydrogens is 258 g/mol. The topological polar surface area (TPSA) is 93.4 Å². The van der Waals surface area contributed by atoms with Crippen molar-refractivity contribution in [1.82, 2.24) is 5.32 Å². The number of primary amides is 1. The van der Waals surface area contributed by atoms with E-state index in [1.165, 1.54) is 0 Å². The standard InChI is InChI=1S/C14H21N3O3/c1-3-16-8-10(2)14(19)17-11-4-6-12(7-5-11)20-9-13(15)18/h4-7,10,16H,3,8-9H2,1-2H3,(H2,15,18)(H,17,19). The van der Waals surface area contributed by atoms with E-state index in [9.17, 15) is 9.59 Å². The molecular formula is C14H21N3O3. The molecule has 0 aliphatic carbocycles. The minimum absolute atomic E-state index is 0.0447. The van der Waals surface area contributed by atoms with Gasteiger partial charge in [0.05, 0.1) is 0 Å². The number of amides is 2. The van der Waals surface area contributed by atoms with Crippen molar-refractivity contribution in [3.05, 3.63) is 24.3 Å². The summed E-state index contributed by atoms with van der Waals surface area (Å²) in [5, 5.41) is 5.94. The van der Waals surface area contributed by atoms with Crippen LogP contribution in [0, 0.1) is 5.92 Å². The zero-order chi connectivity index (χ0) is 15.0. The SMILES string of the molecule is CCNCC(C)C(=O)Nc1ccc(OCC(N)=O)cc1. The van der Waals surface area contributed by atoms with Crippen LogP contribution in [0.3, 0.4) is 0 Å². The average molecular weight is 279 g/mol. The van der Waals surface area contributed by atoms with Crippen LogP contribution in [0.25, 0.3) is 0 Å². The summed E-state index contributed by atoms with van der Waals surface area (Å²) in [5.74, 6) is -0.153. The number of benzene rings is 1. The first-order valence-corrected chi connectivity index (χ1v) is 6.55. The molecule has 6 heteroatoms. The Hall–Kier alpha value is -2.08. The van der Waals surface area contributed by atoms with Crippen LogP contribution in [-0.4, -0.2) is 31.5 Å². The lowest BCUT2D eigenvalue weighted by Crippen LogP contribution is -2.30. The molecule has 0 aliphatic rings. The highest BCUT2D eigenvalue weighted by Gasteiger charge is 2.12. The van der Waals surface area contributed by atoms with Crippen molar-refractivity contribution in [1.29, 1.82) is 0 Å². The molecule has 0 radical (unpaired) electrons. The number of nitrogens with one attached hydrogen (secondary N) is 2. The molecule has 0 heterocycles. The number of rotatable bonds is 8. The molecule has 4 N–H and O–H groups in total. The molecule has 1 aromatic rings. The van der Waals surface area contributed by atoms with Gasteiger partial charge in [0, 0.05) is 18.2 Å². The van der Waals surface area contributed by atoms with Crippen molar-refractivity contribution in [2.75, 3.05) is 25.0 Å². The molecule has 0 saturated carbocycles. The normalized spacial score (nSPS) is 11.7. The molecule has 1 rings (SSSR count). The first-order chi connectivity index (χ1) is 9.52.